The Morgan fingerprint density at radius 1 is 0.929 bits per heavy atom. The molecule has 0 unspecified atom stereocenters. The fourth-order valence-electron chi connectivity index (χ4n) is 2.40. The minimum absolute atomic E-state index is 0.671. The van der Waals surface area contributed by atoms with Gasteiger partial charge in [-0.05, 0) is 51.2 Å². The highest BCUT2D eigenvalue weighted by Gasteiger charge is 2.34. The van der Waals surface area contributed by atoms with Crippen molar-refractivity contribution in [2.24, 2.45) is 5.41 Å². The van der Waals surface area contributed by atoms with E-state index in [1.54, 1.807) is 0 Å². The van der Waals surface area contributed by atoms with E-state index >= 15 is 0 Å². The minimum Gasteiger partial charge on any atom is -0.381 e. The van der Waals surface area contributed by atoms with Crippen LogP contribution in [-0.4, -0.2) is 38.3 Å². The van der Waals surface area contributed by atoms with Crippen molar-refractivity contribution in [3.05, 3.63) is 0 Å². The van der Waals surface area contributed by atoms with Crippen LogP contribution in [-0.2, 0) is 4.74 Å². The number of hydrogen-bond acceptors (Lipinski definition) is 2. The van der Waals surface area contributed by atoms with Crippen LogP contribution in [0.2, 0.25) is 0 Å². The van der Waals surface area contributed by atoms with Crippen LogP contribution < -0.4 is 0 Å². The molecule has 0 atom stereocenters. The average molecular weight is 199 g/mol. The largest absolute Gasteiger partial charge is 0.381 e. The van der Waals surface area contributed by atoms with Gasteiger partial charge in [0.05, 0.1) is 0 Å². The van der Waals surface area contributed by atoms with Crippen LogP contribution in [0, 0.1) is 5.41 Å². The van der Waals surface area contributed by atoms with Crippen LogP contribution in [0.4, 0.5) is 0 Å². The zero-order valence-corrected chi connectivity index (χ0v) is 10.0. The molecular formula is C12H25NO. The Balaban J connectivity index is 0.000000461. The van der Waals surface area contributed by atoms with E-state index in [1.165, 1.54) is 38.8 Å². The first-order chi connectivity index (χ1) is 6.81. The zero-order chi connectivity index (χ0) is 10.4. The quantitative estimate of drug-likeness (QED) is 0.594. The summed E-state index contributed by atoms with van der Waals surface area (Å²) in [5.41, 5.74) is 0.671. The van der Waals surface area contributed by atoms with Gasteiger partial charge in [-0.1, -0.05) is 13.8 Å². The van der Waals surface area contributed by atoms with Gasteiger partial charge in [-0.3, -0.25) is 0 Å². The van der Waals surface area contributed by atoms with E-state index < -0.39 is 0 Å². The Morgan fingerprint density at radius 3 is 1.93 bits per heavy atom. The summed E-state index contributed by atoms with van der Waals surface area (Å²) in [4.78, 5) is 2.45. The summed E-state index contributed by atoms with van der Waals surface area (Å²) in [5, 5.41) is 0. The van der Waals surface area contributed by atoms with Gasteiger partial charge in [-0.15, -0.1) is 0 Å². The average Bonchev–Trinajstić information content (AvgIpc) is 2.27. The molecule has 0 bridgehead atoms. The van der Waals surface area contributed by atoms with Gasteiger partial charge >= 0.3 is 0 Å². The van der Waals surface area contributed by atoms with Crippen molar-refractivity contribution in [3.63, 3.8) is 0 Å². The fourth-order valence-corrected chi connectivity index (χ4v) is 2.40. The standard InChI is InChI=1S/C10H19NO.C2H6/c1-11-6-2-10(3-7-11)4-8-12-9-5-10;1-2/h2-9H2,1H3;1-2H3. The summed E-state index contributed by atoms with van der Waals surface area (Å²) in [6, 6.07) is 0. The Kier molecular flexibility index (Phi) is 4.90. The highest BCUT2D eigenvalue weighted by Crippen LogP contribution is 2.40. The van der Waals surface area contributed by atoms with Crippen molar-refractivity contribution in [3.8, 4) is 0 Å². The lowest BCUT2D eigenvalue weighted by Gasteiger charge is -2.43. The molecule has 2 rings (SSSR count). The lowest BCUT2D eigenvalue weighted by molar-refractivity contribution is -0.0167. The van der Waals surface area contributed by atoms with Gasteiger partial charge in [0.1, 0.15) is 0 Å². The summed E-state index contributed by atoms with van der Waals surface area (Å²) in [7, 11) is 2.23. The monoisotopic (exact) mass is 199 g/mol. The molecule has 0 amide bonds. The third-order valence-corrected chi connectivity index (χ3v) is 3.60. The van der Waals surface area contributed by atoms with Gasteiger partial charge in [0.2, 0.25) is 0 Å². The molecule has 0 aromatic carbocycles. The van der Waals surface area contributed by atoms with Crippen molar-refractivity contribution < 1.29 is 4.74 Å². The van der Waals surface area contributed by atoms with E-state index in [2.05, 4.69) is 11.9 Å². The van der Waals surface area contributed by atoms with E-state index in [0.717, 1.165) is 13.2 Å². The number of rotatable bonds is 0. The molecule has 0 saturated carbocycles. The van der Waals surface area contributed by atoms with E-state index in [-0.39, 0.29) is 0 Å². The number of piperidine rings is 1. The van der Waals surface area contributed by atoms with Crippen molar-refractivity contribution in [2.45, 2.75) is 39.5 Å². The Labute approximate surface area is 88.6 Å². The number of likely N-dealkylation sites (tertiary alicyclic amines) is 1. The van der Waals surface area contributed by atoms with Crippen LogP contribution in [0.15, 0.2) is 0 Å². The number of hydrogen-bond donors (Lipinski definition) is 0. The maximum atomic E-state index is 5.41. The van der Waals surface area contributed by atoms with Gasteiger partial charge in [0.15, 0.2) is 0 Å². The molecule has 0 radical (unpaired) electrons. The first kappa shape index (κ1) is 12.0. The van der Waals surface area contributed by atoms with Crippen LogP contribution in [0.5, 0.6) is 0 Å². The molecule has 2 nitrogen and oxygen atoms in total. The molecule has 2 saturated heterocycles. The van der Waals surface area contributed by atoms with Crippen molar-refractivity contribution in [1.82, 2.24) is 4.90 Å². The summed E-state index contributed by atoms with van der Waals surface area (Å²) in [6.07, 6.45) is 5.40. The first-order valence-corrected chi connectivity index (χ1v) is 6.07. The molecule has 0 aliphatic carbocycles. The van der Waals surface area contributed by atoms with Crippen molar-refractivity contribution >= 4 is 0 Å². The van der Waals surface area contributed by atoms with Crippen molar-refractivity contribution in [1.29, 1.82) is 0 Å². The maximum Gasteiger partial charge on any atom is 0.0471 e. The fraction of sp³-hybridized carbons (Fsp3) is 1.00. The van der Waals surface area contributed by atoms with E-state index in [4.69, 9.17) is 4.74 Å². The first-order valence-electron chi connectivity index (χ1n) is 6.07. The molecule has 0 aromatic rings. The second-order valence-corrected chi connectivity index (χ2v) is 4.42. The molecule has 0 aromatic heterocycles. The minimum atomic E-state index is 0.671. The summed E-state index contributed by atoms with van der Waals surface area (Å²) in [5.74, 6) is 0. The second-order valence-electron chi connectivity index (χ2n) is 4.42. The van der Waals surface area contributed by atoms with Gasteiger partial charge in [0.25, 0.3) is 0 Å². The molecule has 14 heavy (non-hydrogen) atoms. The van der Waals surface area contributed by atoms with Gasteiger partial charge in [0, 0.05) is 13.2 Å². The molecule has 2 fully saturated rings. The van der Waals surface area contributed by atoms with Gasteiger partial charge in [-0.2, -0.15) is 0 Å². The molecule has 2 aliphatic rings. The van der Waals surface area contributed by atoms with Crippen LogP contribution in [0.3, 0.4) is 0 Å². The third-order valence-electron chi connectivity index (χ3n) is 3.60. The SMILES string of the molecule is CC.CN1CCC2(CCOCC2)CC1. The number of ether oxygens (including phenoxy) is 1. The lowest BCUT2D eigenvalue weighted by atomic mass is 9.73. The number of nitrogens with zero attached hydrogens (tertiary/aromatic N) is 1. The topological polar surface area (TPSA) is 12.5 Å². The van der Waals surface area contributed by atoms with Crippen LogP contribution >= 0.6 is 0 Å². The zero-order valence-electron chi connectivity index (χ0n) is 10.0. The van der Waals surface area contributed by atoms with Gasteiger partial charge in [-0.25, -0.2) is 0 Å². The van der Waals surface area contributed by atoms with E-state index in [9.17, 15) is 0 Å². The highest BCUT2D eigenvalue weighted by atomic mass is 16.5. The van der Waals surface area contributed by atoms with Crippen LogP contribution in [0.25, 0.3) is 0 Å². The molecule has 2 heteroatoms. The third kappa shape index (κ3) is 2.96. The Morgan fingerprint density at radius 2 is 1.43 bits per heavy atom. The van der Waals surface area contributed by atoms with Crippen molar-refractivity contribution in [2.75, 3.05) is 33.4 Å². The molecule has 1 spiro atoms. The lowest BCUT2D eigenvalue weighted by Crippen LogP contribution is -2.41. The Hall–Kier alpha value is -0.0800. The maximum absolute atomic E-state index is 5.41. The normalized spacial score (nSPS) is 26.8. The summed E-state index contributed by atoms with van der Waals surface area (Å²) in [6.45, 7) is 8.59. The predicted octanol–water partition coefficient (Wildman–Crippen LogP) is 2.54. The molecule has 2 aliphatic heterocycles. The van der Waals surface area contributed by atoms with Crippen LogP contribution in [0.1, 0.15) is 39.5 Å². The molecule has 0 N–H and O–H groups in total. The van der Waals surface area contributed by atoms with E-state index in [0.29, 0.717) is 5.41 Å². The smallest absolute Gasteiger partial charge is 0.0471 e. The molecular weight excluding hydrogens is 174 g/mol. The predicted molar refractivity (Wildman–Crippen MR) is 60.6 cm³/mol. The van der Waals surface area contributed by atoms with E-state index in [1.807, 2.05) is 13.8 Å². The Bertz CT molecular complexity index is 142. The summed E-state index contributed by atoms with van der Waals surface area (Å²) >= 11 is 0. The highest BCUT2D eigenvalue weighted by molar-refractivity contribution is 4.86. The van der Waals surface area contributed by atoms with Gasteiger partial charge < -0.3 is 9.64 Å². The molecule has 2 heterocycles. The molecule has 84 valence electrons. The second kappa shape index (κ2) is 5.72. The summed E-state index contributed by atoms with van der Waals surface area (Å²) < 4.78 is 5.41.